The van der Waals surface area contributed by atoms with E-state index < -0.39 is 0 Å². The average Bonchev–Trinajstić information content (AvgIpc) is 2.42. The zero-order valence-corrected chi connectivity index (χ0v) is 10.6. The number of halogens is 1. The van der Waals surface area contributed by atoms with Gasteiger partial charge in [0, 0.05) is 25.4 Å². The van der Waals surface area contributed by atoms with Crippen molar-refractivity contribution in [2.75, 3.05) is 30.9 Å². The molecule has 0 radical (unpaired) electrons. The summed E-state index contributed by atoms with van der Waals surface area (Å²) in [6.07, 6.45) is 1.46. The van der Waals surface area contributed by atoms with E-state index in [4.69, 9.17) is 4.74 Å². The third-order valence-electron chi connectivity index (χ3n) is 2.40. The van der Waals surface area contributed by atoms with Crippen LogP contribution in [-0.2, 0) is 4.74 Å². The van der Waals surface area contributed by atoms with E-state index in [1.54, 1.807) is 25.3 Å². The van der Waals surface area contributed by atoms with Crippen molar-refractivity contribution in [1.82, 2.24) is 9.97 Å². The van der Waals surface area contributed by atoms with Gasteiger partial charge < -0.3 is 15.4 Å². The zero-order valence-electron chi connectivity index (χ0n) is 10.6. The van der Waals surface area contributed by atoms with Crippen LogP contribution in [0.5, 0.6) is 0 Å². The summed E-state index contributed by atoms with van der Waals surface area (Å²) in [5.41, 5.74) is 0.767. The minimum atomic E-state index is -0.268. The summed E-state index contributed by atoms with van der Waals surface area (Å²) >= 11 is 0. The summed E-state index contributed by atoms with van der Waals surface area (Å²) < 4.78 is 17.7. The first-order valence-electron chi connectivity index (χ1n) is 5.85. The summed E-state index contributed by atoms with van der Waals surface area (Å²) in [5.74, 6) is 1.08. The van der Waals surface area contributed by atoms with Crippen LogP contribution < -0.4 is 10.6 Å². The van der Waals surface area contributed by atoms with E-state index in [2.05, 4.69) is 20.6 Å². The van der Waals surface area contributed by atoms with Gasteiger partial charge >= 0.3 is 0 Å². The SMILES string of the molecule is COCCNc1cc(Nc2ccc(F)cc2)ncn1. The highest BCUT2D eigenvalue weighted by atomic mass is 19.1. The Morgan fingerprint density at radius 1 is 1.16 bits per heavy atom. The molecule has 0 spiro atoms. The molecule has 0 bridgehead atoms. The predicted molar refractivity (Wildman–Crippen MR) is 72.1 cm³/mol. The Bertz CT molecular complexity index is 518. The fourth-order valence-electron chi connectivity index (χ4n) is 1.48. The van der Waals surface area contributed by atoms with Gasteiger partial charge in [-0.05, 0) is 24.3 Å². The summed E-state index contributed by atoms with van der Waals surface area (Å²) in [7, 11) is 1.64. The number of hydrogen-bond acceptors (Lipinski definition) is 5. The Balaban J connectivity index is 2.00. The number of aromatic nitrogens is 2. The zero-order chi connectivity index (χ0) is 13.5. The van der Waals surface area contributed by atoms with Crippen LogP contribution in [0.1, 0.15) is 0 Å². The van der Waals surface area contributed by atoms with Crippen molar-refractivity contribution in [3.63, 3.8) is 0 Å². The standard InChI is InChI=1S/C13H15FN4O/c1-19-7-6-15-12-8-13(17-9-16-12)18-11-4-2-10(14)3-5-11/h2-5,8-9H,6-7H2,1H3,(H2,15,16,17,18). The molecule has 2 rings (SSSR count). The maximum Gasteiger partial charge on any atom is 0.135 e. The number of hydrogen-bond donors (Lipinski definition) is 2. The van der Waals surface area contributed by atoms with Gasteiger partial charge in [-0.3, -0.25) is 0 Å². The van der Waals surface area contributed by atoms with Gasteiger partial charge in [-0.15, -0.1) is 0 Å². The number of benzene rings is 1. The van der Waals surface area contributed by atoms with E-state index in [0.717, 1.165) is 5.69 Å². The molecule has 0 unspecified atom stereocenters. The first-order valence-corrected chi connectivity index (χ1v) is 5.85. The third-order valence-corrected chi connectivity index (χ3v) is 2.40. The quantitative estimate of drug-likeness (QED) is 0.783. The van der Waals surface area contributed by atoms with Gasteiger partial charge in [0.05, 0.1) is 6.61 Å². The van der Waals surface area contributed by atoms with E-state index in [1.165, 1.54) is 18.5 Å². The molecule has 2 aromatic rings. The molecule has 19 heavy (non-hydrogen) atoms. The maximum atomic E-state index is 12.8. The molecule has 0 fully saturated rings. The van der Waals surface area contributed by atoms with Crippen molar-refractivity contribution >= 4 is 17.3 Å². The number of methoxy groups -OCH3 is 1. The largest absolute Gasteiger partial charge is 0.383 e. The smallest absolute Gasteiger partial charge is 0.135 e. The van der Waals surface area contributed by atoms with Gasteiger partial charge in [-0.2, -0.15) is 0 Å². The van der Waals surface area contributed by atoms with Gasteiger partial charge in [0.15, 0.2) is 0 Å². The van der Waals surface area contributed by atoms with E-state index in [0.29, 0.717) is 24.8 Å². The van der Waals surface area contributed by atoms with Crippen LogP contribution in [0.25, 0.3) is 0 Å². The van der Waals surface area contributed by atoms with Crippen LogP contribution in [0.2, 0.25) is 0 Å². The topological polar surface area (TPSA) is 59.1 Å². The molecule has 6 heteroatoms. The summed E-state index contributed by atoms with van der Waals surface area (Å²) in [5, 5.41) is 6.18. The molecule has 5 nitrogen and oxygen atoms in total. The highest BCUT2D eigenvalue weighted by Gasteiger charge is 1.99. The second-order valence-electron chi connectivity index (χ2n) is 3.84. The van der Waals surface area contributed by atoms with Crippen LogP contribution in [0.4, 0.5) is 21.7 Å². The van der Waals surface area contributed by atoms with E-state index in [-0.39, 0.29) is 5.82 Å². The van der Waals surface area contributed by atoms with E-state index in [9.17, 15) is 4.39 Å². The monoisotopic (exact) mass is 262 g/mol. The molecule has 0 aliphatic heterocycles. The fourth-order valence-corrected chi connectivity index (χ4v) is 1.48. The number of anilines is 3. The Hall–Kier alpha value is -2.21. The lowest BCUT2D eigenvalue weighted by Gasteiger charge is -2.08. The highest BCUT2D eigenvalue weighted by molar-refractivity contribution is 5.58. The second kappa shape index (κ2) is 6.65. The molecule has 100 valence electrons. The minimum absolute atomic E-state index is 0.268. The summed E-state index contributed by atoms with van der Waals surface area (Å²) in [6.45, 7) is 1.27. The second-order valence-corrected chi connectivity index (χ2v) is 3.84. The molecule has 0 saturated heterocycles. The van der Waals surface area contributed by atoms with Crippen LogP contribution in [0.3, 0.4) is 0 Å². The van der Waals surface area contributed by atoms with Gasteiger partial charge in [0.2, 0.25) is 0 Å². The predicted octanol–water partition coefficient (Wildman–Crippen LogP) is 2.42. The first kappa shape index (κ1) is 13.2. The number of nitrogens with zero attached hydrogens (tertiary/aromatic N) is 2. The fraction of sp³-hybridized carbons (Fsp3) is 0.231. The lowest BCUT2D eigenvalue weighted by atomic mass is 10.3. The van der Waals surface area contributed by atoms with Crippen LogP contribution in [0, 0.1) is 5.82 Å². The molecule has 1 aromatic carbocycles. The van der Waals surface area contributed by atoms with Crippen molar-refractivity contribution in [2.24, 2.45) is 0 Å². The van der Waals surface area contributed by atoms with Crippen LogP contribution in [0.15, 0.2) is 36.7 Å². The number of rotatable bonds is 6. The molecule has 0 aliphatic rings. The summed E-state index contributed by atoms with van der Waals surface area (Å²) in [4.78, 5) is 8.19. The number of nitrogens with one attached hydrogen (secondary N) is 2. The molecular weight excluding hydrogens is 247 g/mol. The van der Waals surface area contributed by atoms with Gasteiger partial charge in [0.1, 0.15) is 23.8 Å². The van der Waals surface area contributed by atoms with Gasteiger partial charge in [0.25, 0.3) is 0 Å². The molecule has 1 heterocycles. The molecule has 0 aliphatic carbocycles. The molecule has 2 N–H and O–H groups in total. The normalized spacial score (nSPS) is 10.2. The third kappa shape index (κ3) is 4.18. The van der Waals surface area contributed by atoms with Crippen molar-refractivity contribution in [1.29, 1.82) is 0 Å². The van der Waals surface area contributed by atoms with Crippen molar-refractivity contribution in [2.45, 2.75) is 0 Å². The molecule has 0 atom stereocenters. The Morgan fingerprint density at radius 3 is 2.63 bits per heavy atom. The van der Waals surface area contributed by atoms with E-state index in [1.807, 2.05) is 0 Å². The van der Waals surface area contributed by atoms with Crippen LogP contribution in [-0.4, -0.2) is 30.2 Å². The van der Waals surface area contributed by atoms with E-state index >= 15 is 0 Å². The molecular formula is C13H15FN4O. The molecule has 0 saturated carbocycles. The Labute approximate surface area is 110 Å². The summed E-state index contributed by atoms with van der Waals surface area (Å²) in [6, 6.07) is 7.85. The van der Waals surface area contributed by atoms with Crippen molar-refractivity contribution in [3.8, 4) is 0 Å². The Morgan fingerprint density at radius 2 is 1.89 bits per heavy atom. The van der Waals surface area contributed by atoms with Gasteiger partial charge in [-0.1, -0.05) is 0 Å². The lowest BCUT2D eigenvalue weighted by molar-refractivity contribution is 0.210. The maximum absolute atomic E-state index is 12.8. The van der Waals surface area contributed by atoms with Crippen LogP contribution >= 0.6 is 0 Å². The highest BCUT2D eigenvalue weighted by Crippen LogP contribution is 2.16. The minimum Gasteiger partial charge on any atom is -0.383 e. The first-order chi connectivity index (χ1) is 9.28. The van der Waals surface area contributed by atoms with Gasteiger partial charge in [-0.25, -0.2) is 14.4 Å². The lowest BCUT2D eigenvalue weighted by Crippen LogP contribution is -2.09. The van der Waals surface area contributed by atoms with Crippen molar-refractivity contribution in [3.05, 3.63) is 42.5 Å². The molecule has 1 aromatic heterocycles. The number of ether oxygens (including phenoxy) is 1. The Kier molecular flexibility index (Phi) is 4.63. The molecule has 0 amide bonds. The average molecular weight is 262 g/mol. The van der Waals surface area contributed by atoms with Crippen molar-refractivity contribution < 1.29 is 9.13 Å².